The van der Waals surface area contributed by atoms with Gasteiger partial charge in [-0.2, -0.15) is 5.06 Å². The van der Waals surface area contributed by atoms with E-state index in [1.807, 2.05) is 0 Å². The molecule has 0 radical (unpaired) electrons. The van der Waals surface area contributed by atoms with Gasteiger partial charge in [-0.1, -0.05) is 11.6 Å². The molecular formula is C15H13ClN3NaO7S. The fourth-order valence-corrected chi connectivity index (χ4v) is 3.57. The molecule has 2 saturated heterocycles. The molecule has 0 saturated carbocycles. The van der Waals surface area contributed by atoms with E-state index >= 15 is 0 Å². The van der Waals surface area contributed by atoms with Crippen molar-refractivity contribution < 1.29 is 63.4 Å². The van der Waals surface area contributed by atoms with Crippen molar-refractivity contribution in [1.82, 2.24) is 15.4 Å². The number of nitrogens with zero attached hydrogens (tertiary/aromatic N) is 2. The maximum absolute atomic E-state index is 12.4. The number of aliphatic carboxylic acids is 1. The van der Waals surface area contributed by atoms with Crippen LogP contribution in [0.1, 0.15) is 12.8 Å². The number of hydrogen-bond donors (Lipinski definition) is 1. The fraction of sp³-hybridized carbons (Fsp3) is 0.400. The van der Waals surface area contributed by atoms with Crippen LogP contribution < -0.4 is 40.0 Å². The van der Waals surface area contributed by atoms with E-state index in [9.17, 15) is 24.3 Å². The summed E-state index contributed by atoms with van der Waals surface area (Å²) < 4.78 is 4.78. The summed E-state index contributed by atoms with van der Waals surface area (Å²) in [6.45, 7) is -0.289. The van der Waals surface area contributed by atoms with Gasteiger partial charge in [0.1, 0.15) is 23.8 Å². The molecule has 1 unspecified atom stereocenters. The van der Waals surface area contributed by atoms with Crippen molar-refractivity contribution in [2.75, 3.05) is 12.4 Å². The number of nitrogens with one attached hydrogen (secondary N) is 1. The second-order valence-electron chi connectivity index (χ2n) is 5.70. The molecule has 2 aliphatic heterocycles. The summed E-state index contributed by atoms with van der Waals surface area (Å²) >= 11 is 6.95. The molecule has 2 amide bonds. The minimum absolute atomic E-state index is 0. The fourth-order valence-electron chi connectivity index (χ4n) is 2.60. The van der Waals surface area contributed by atoms with Crippen molar-refractivity contribution in [3.05, 3.63) is 23.5 Å². The van der Waals surface area contributed by atoms with E-state index in [4.69, 9.17) is 21.2 Å². The van der Waals surface area contributed by atoms with E-state index in [2.05, 4.69) is 10.3 Å². The van der Waals surface area contributed by atoms with Gasteiger partial charge in [-0.15, -0.1) is 11.8 Å². The van der Waals surface area contributed by atoms with Crippen molar-refractivity contribution in [2.45, 2.75) is 29.5 Å². The largest absolute Gasteiger partial charge is 1.00 e. The summed E-state index contributed by atoms with van der Waals surface area (Å²) in [4.78, 5) is 56.9. The summed E-state index contributed by atoms with van der Waals surface area (Å²) in [6, 6.07) is 2.16. The Balaban J connectivity index is 0.00000280. The molecule has 3 rings (SSSR count). The maximum atomic E-state index is 12.4. The number of amides is 2. The number of hydroxylamine groups is 2. The Morgan fingerprint density at radius 3 is 2.82 bits per heavy atom. The van der Waals surface area contributed by atoms with Gasteiger partial charge in [0, 0.05) is 17.5 Å². The number of aromatic nitrogens is 1. The number of carboxylic acids is 1. The van der Waals surface area contributed by atoms with Gasteiger partial charge < -0.3 is 20.0 Å². The summed E-state index contributed by atoms with van der Waals surface area (Å²) in [7, 11) is 0. The van der Waals surface area contributed by atoms with E-state index in [0.29, 0.717) is 5.06 Å². The molecule has 10 nitrogen and oxygen atoms in total. The van der Waals surface area contributed by atoms with Gasteiger partial charge in [0.05, 0.1) is 12.2 Å². The minimum atomic E-state index is -2.31. The van der Waals surface area contributed by atoms with Crippen molar-refractivity contribution in [3.63, 3.8) is 0 Å². The SMILES string of the molecule is O=C(CSc1ccnc(Cl)c1)N[C@H]1CON(C2(C(=O)[O-])CCC(=O)O2)C1=O.[Na+]. The smallest absolute Gasteiger partial charge is 0.544 e. The van der Waals surface area contributed by atoms with Gasteiger partial charge in [0.25, 0.3) is 11.6 Å². The first kappa shape index (κ1) is 22.9. The zero-order valence-corrected chi connectivity index (χ0v) is 18.2. The summed E-state index contributed by atoms with van der Waals surface area (Å²) in [5.41, 5.74) is -2.31. The molecule has 28 heavy (non-hydrogen) atoms. The number of thioether (sulfide) groups is 1. The molecule has 0 bridgehead atoms. The number of carbonyl (C=O) groups is 4. The third kappa shape index (κ3) is 4.78. The second-order valence-corrected chi connectivity index (χ2v) is 7.13. The van der Waals surface area contributed by atoms with E-state index in [1.165, 1.54) is 18.0 Å². The number of esters is 1. The third-order valence-electron chi connectivity index (χ3n) is 3.87. The average Bonchev–Trinajstić information content (AvgIpc) is 3.18. The first-order valence-corrected chi connectivity index (χ1v) is 9.12. The zero-order valence-electron chi connectivity index (χ0n) is 14.7. The number of carboxylic acid groups (broad SMARTS) is 1. The normalized spacial score (nSPS) is 23.9. The van der Waals surface area contributed by atoms with Gasteiger partial charge in [-0.25, -0.2) is 4.98 Å². The predicted molar refractivity (Wildman–Crippen MR) is 87.8 cm³/mol. The molecular weight excluding hydrogens is 425 g/mol. The van der Waals surface area contributed by atoms with Crippen LogP contribution in [-0.2, 0) is 28.8 Å². The van der Waals surface area contributed by atoms with E-state index in [0.717, 1.165) is 4.90 Å². The van der Waals surface area contributed by atoms with Gasteiger partial charge in [0.15, 0.2) is 0 Å². The Morgan fingerprint density at radius 2 is 2.21 bits per heavy atom. The standard InChI is InChI=1S/C15H14ClN3O7S.Na/c16-10-5-8(2-4-17-10)27-7-11(20)18-9-6-25-19(13(9)22)15(14(23)24)3-1-12(21)26-15;/h2,4-5,9H,1,3,6-7H2,(H,18,20)(H,23,24);/q;+1/p-1/t9-,15?;/m0./s1. The molecule has 13 heteroatoms. The van der Waals surface area contributed by atoms with Crippen molar-refractivity contribution in [2.24, 2.45) is 0 Å². The van der Waals surface area contributed by atoms with Crippen molar-refractivity contribution in [1.29, 1.82) is 0 Å². The van der Waals surface area contributed by atoms with Gasteiger partial charge >= 0.3 is 35.5 Å². The van der Waals surface area contributed by atoms with Crippen LogP contribution in [0, 0.1) is 0 Å². The summed E-state index contributed by atoms with van der Waals surface area (Å²) in [5, 5.41) is 14.7. The first-order valence-electron chi connectivity index (χ1n) is 7.76. The van der Waals surface area contributed by atoms with Gasteiger partial charge in [-0.3, -0.25) is 19.2 Å². The molecule has 0 aromatic carbocycles. The molecule has 1 N–H and O–H groups in total. The molecule has 0 aliphatic carbocycles. The predicted octanol–water partition coefficient (Wildman–Crippen LogP) is -4.13. The molecule has 2 atom stereocenters. The molecule has 3 heterocycles. The zero-order chi connectivity index (χ0) is 19.6. The van der Waals surface area contributed by atoms with Gasteiger partial charge in [-0.05, 0) is 12.1 Å². The second kappa shape index (κ2) is 9.42. The van der Waals surface area contributed by atoms with E-state index in [-0.39, 0.29) is 59.9 Å². The Labute approximate surface area is 190 Å². The number of carbonyl (C=O) groups excluding carboxylic acids is 4. The number of hydrogen-bond acceptors (Lipinski definition) is 9. The summed E-state index contributed by atoms with van der Waals surface area (Å²) in [6.07, 6.45) is 1.01. The van der Waals surface area contributed by atoms with Crippen LogP contribution in [0.3, 0.4) is 0 Å². The number of pyridine rings is 1. The van der Waals surface area contributed by atoms with Crippen LogP contribution in [0.4, 0.5) is 0 Å². The third-order valence-corrected chi connectivity index (χ3v) is 5.07. The molecule has 2 aliphatic rings. The molecule has 1 aromatic rings. The van der Waals surface area contributed by atoms with Crippen LogP contribution in [0.2, 0.25) is 5.15 Å². The Bertz CT molecular complexity index is 814. The minimum Gasteiger partial charge on any atom is -0.544 e. The Morgan fingerprint density at radius 1 is 1.46 bits per heavy atom. The monoisotopic (exact) mass is 437 g/mol. The quantitative estimate of drug-likeness (QED) is 0.203. The number of ether oxygens (including phenoxy) is 1. The Kier molecular flexibility index (Phi) is 7.71. The van der Waals surface area contributed by atoms with Crippen LogP contribution in [0.5, 0.6) is 0 Å². The van der Waals surface area contributed by atoms with Crippen LogP contribution in [0.15, 0.2) is 23.2 Å². The maximum Gasteiger partial charge on any atom is 1.00 e. The summed E-state index contributed by atoms with van der Waals surface area (Å²) in [5.74, 6) is -3.86. The van der Waals surface area contributed by atoms with Crippen LogP contribution in [0.25, 0.3) is 0 Å². The molecule has 2 fully saturated rings. The van der Waals surface area contributed by atoms with Gasteiger partial charge in [0.2, 0.25) is 5.91 Å². The van der Waals surface area contributed by atoms with Crippen LogP contribution in [-0.4, -0.2) is 57.9 Å². The van der Waals surface area contributed by atoms with Crippen LogP contribution >= 0.6 is 23.4 Å². The molecule has 144 valence electrons. The average molecular weight is 438 g/mol. The number of halogens is 1. The first-order chi connectivity index (χ1) is 12.8. The van der Waals surface area contributed by atoms with Crippen molar-refractivity contribution in [3.8, 4) is 0 Å². The van der Waals surface area contributed by atoms with E-state index < -0.39 is 35.5 Å². The van der Waals surface area contributed by atoms with Crippen molar-refractivity contribution >= 4 is 47.1 Å². The van der Waals surface area contributed by atoms with E-state index in [1.54, 1.807) is 12.1 Å². The number of rotatable bonds is 6. The topological polar surface area (TPSA) is 138 Å². The molecule has 0 spiro atoms. The number of cyclic esters (lactones) is 1. The molecule has 1 aromatic heterocycles. The Hall–Kier alpha value is -1.37.